The topological polar surface area (TPSA) is 58.9 Å². The Bertz CT molecular complexity index is 808. The summed E-state index contributed by atoms with van der Waals surface area (Å²) in [7, 11) is 1.57. The van der Waals surface area contributed by atoms with Crippen LogP contribution < -0.4 is 9.47 Å². The fourth-order valence-corrected chi connectivity index (χ4v) is 3.24. The van der Waals surface area contributed by atoms with Crippen molar-refractivity contribution in [2.75, 3.05) is 13.7 Å². The molecule has 1 aliphatic heterocycles. The number of benzene rings is 2. The molecule has 2 aromatic carbocycles. The lowest BCUT2D eigenvalue weighted by atomic mass is 9.81. The third kappa shape index (κ3) is 3.16. The molecule has 2 aromatic rings. The van der Waals surface area contributed by atoms with E-state index in [1.807, 2.05) is 38.1 Å². The van der Waals surface area contributed by atoms with Gasteiger partial charge in [-0.2, -0.15) is 0 Å². The number of rotatable bonds is 4. The Morgan fingerprint density at radius 1 is 1.20 bits per heavy atom. The van der Waals surface area contributed by atoms with Crippen LogP contribution in [0.3, 0.4) is 0 Å². The van der Waals surface area contributed by atoms with E-state index < -0.39 is 0 Å². The molecule has 0 aromatic heterocycles. The number of allylic oxidation sites excluding steroid dienone is 1. The second-order valence-corrected chi connectivity index (χ2v) is 7.04. The molecule has 0 saturated heterocycles. The van der Waals surface area contributed by atoms with Gasteiger partial charge in [-0.15, -0.1) is 6.58 Å². The molecule has 4 nitrogen and oxygen atoms in total. The summed E-state index contributed by atoms with van der Waals surface area (Å²) >= 11 is 0. The van der Waals surface area contributed by atoms with Crippen molar-refractivity contribution in [3.05, 3.63) is 59.7 Å². The number of phenolic OH excluding ortho intramolecular Hbond substituents is 2. The van der Waals surface area contributed by atoms with Crippen molar-refractivity contribution in [2.24, 2.45) is 0 Å². The first kappa shape index (κ1) is 17.2. The van der Waals surface area contributed by atoms with E-state index in [0.29, 0.717) is 18.1 Å². The molecule has 2 N–H and O–H groups in total. The minimum absolute atomic E-state index is 0.0441. The van der Waals surface area contributed by atoms with Gasteiger partial charge < -0.3 is 19.7 Å². The zero-order valence-corrected chi connectivity index (χ0v) is 14.9. The van der Waals surface area contributed by atoms with E-state index in [4.69, 9.17) is 9.47 Å². The van der Waals surface area contributed by atoms with Crippen LogP contribution in [0.5, 0.6) is 23.0 Å². The van der Waals surface area contributed by atoms with E-state index in [1.54, 1.807) is 19.2 Å². The number of methoxy groups -OCH3 is 1. The van der Waals surface area contributed by atoms with Crippen LogP contribution in [0, 0.1) is 0 Å². The maximum Gasteiger partial charge on any atom is 0.126 e. The highest BCUT2D eigenvalue weighted by atomic mass is 16.5. The van der Waals surface area contributed by atoms with Gasteiger partial charge in [0, 0.05) is 34.6 Å². The molecule has 0 radical (unpaired) electrons. The Morgan fingerprint density at radius 2 is 1.96 bits per heavy atom. The Kier molecular flexibility index (Phi) is 4.38. The third-order valence-electron chi connectivity index (χ3n) is 4.97. The van der Waals surface area contributed by atoms with E-state index in [2.05, 4.69) is 6.58 Å². The zero-order chi connectivity index (χ0) is 18.2. The molecule has 1 heterocycles. The van der Waals surface area contributed by atoms with Gasteiger partial charge in [0.25, 0.3) is 0 Å². The van der Waals surface area contributed by atoms with E-state index in [-0.39, 0.29) is 22.8 Å². The zero-order valence-electron chi connectivity index (χ0n) is 14.9. The summed E-state index contributed by atoms with van der Waals surface area (Å²) in [5.74, 6) is 1.79. The molecule has 0 bridgehead atoms. The molecule has 132 valence electrons. The van der Waals surface area contributed by atoms with Crippen LogP contribution >= 0.6 is 0 Å². The smallest absolute Gasteiger partial charge is 0.126 e. The van der Waals surface area contributed by atoms with E-state index in [1.165, 1.54) is 0 Å². The Morgan fingerprint density at radius 3 is 2.60 bits per heavy atom. The minimum atomic E-state index is -0.339. The molecular weight excluding hydrogens is 316 g/mol. The second-order valence-electron chi connectivity index (χ2n) is 7.04. The highest BCUT2D eigenvalue weighted by Gasteiger charge is 2.28. The molecule has 3 rings (SSSR count). The lowest BCUT2D eigenvalue weighted by molar-refractivity contribution is 0.257. The molecule has 25 heavy (non-hydrogen) atoms. The first-order valence-electron chi connectivity index (χ1n) is 8.35. The number of hydrogen-bond donors (Lipinski definition) is 2. The molecule has 0 fully saturated rings. The molecule has 0 saturated carbocycles. The van der Waals surface area contributed by atoms with Gasteiger partial charge in [-0.25, -0.2) is 0 Å². The van der Waals surface area contributed by atoms with E-state index in [9.17, 15) is 10.2 Å². The summed E-state index contributed by atoms with van der Waals surface area (Å²) in [4.78, 5) is 0. The lowest BCUT2D eigenvalue weighted by Gasteiger charge is -2.29. The van der Waals surface area contributed by atoms with Crippen molar-refractivity contribution >= 4 is 0 Å². The fraction of sp³-hybridized carbons (Fsp3) is 0.333. The van der Waals surface area contributed by atoms with Crippen LogP contribution in [0.2, 0.25) is 0 Å². The maximum atomic E-state index is 10.3. The monoisotopic (exact) mass is 340 g/mol. The van der Waals surface area contributed by atoms with Crippen molar-refractivity contribution in [1.29, 1.82) is 0 Å². The van der Waals surface area contributed by atoms with Gasteiger partial charge in [0.1, 0.15) is 23.0 Å². The number of hydrogen-bond acceptors (Lipinski definition) is 4. The van der Waals surface area contributed by atoms with Crippen molar-refractivity contribution in [3.8, 4) is 23.0 Å². The molecular formula is C21H24O4. The Hall–Kier alpha value is -2.62. The van der Waals surface area contributed by atoms with Crippen molar-refractivity contribution in [2.45, 2.75) is 31.6 Å². The second kappa shape index (κ2) is 6.36. The summed E-state index contributed by atoms with van der Waals surface area (Å²) in [5, 5.41) is 20.6. The highest BCUT2D eigenvalue weighted by Crippen LogP contribution is 2.42. The number of ether oxygens (including phenoxy) is 2. The molecule has 0 aliphatic carbocycles. The molecule has 4 heteroatoms. The quantitative estimate of drug-likeness (QED) is 0.815. The molecule has 1 aliphatic rings. The third-order valence-corrected chi connectivity index (χ3v) is 4.97. The van der Waals surface area contributed by atoms with Crippen LogP contribution in [0.4, 0.5) is 0 Å². The Balaban J connectivity index is 1.95. The average molecular weight is 340 g/mol. The average Bonchev–Trinajstić information content (AvgIpc) is 2.60. The summed E-state index contributed by atoms with van der Waals surface area (Å²) in [6.45, 7) is 8.34. The van der Waals surface area contributed by atoms with Gasteiger partial charge in [-0.1, -0.05) is 26.0 Å². The summed E-state index contributed by atoms with van der Waals surface area (Å²) in [6.07, 6.45) is 2.56. The van der Waals surface area contributed by atoms with Gasteiger partial charge in [0.05, 0.1) is 13.7 Å². The fourth-order valence-electron chi connectivity index (χ4n) is 3.24. The standard InChI is InChI=1S/C21H24O4/c1-5-21(2,3)17-9-13-8-14(12-25-20(13)11-19(17)23)16-7-6-15(24-4)10-18(16)22/h5-7,9-11,14,22-23H,1,8,12H2,2-4H3/t14-/m0/s1. The minimum Gasteiger partial charge on any atom is -0.508 e. The Labute approximate surface area is 148 Å². The molecule has 0 spiro atoms. The number of phenols is 2. The number of fused-ring (bicyclic) bond motifs is 1. The van der Waals surface area contributed by atoms with E-state index >= 15 is 0 Å². The molecule has 0 unspecified atom stereocenters. The highest BCUT2D eigenvalue weighted by molar-refractivity contribution is 5.52. The van der Waals surface area contributed by atoms with Crippen LogP contribution in [-0.4, -0.2) is 23.9 Å². The van der Waals surface area contributed by atoms with Crippen molar-refractivity contribution < 1.29 is 19.7 Å². The van der Waals surface area contributed by atoms with Gasteiger partial charge in [0.2, 0.25) is 0 Å². The summed E-state index contributed by atoms with van der Waals surface area (Å²) in [5.41, 5.74) is 2.34. The van der Waals surface area contributed by atoms with Crippen LogP contribution in [0.15, 0.2) is 43.0 Å². The largest absolute Gasteiger partial charge is 0.508 e. The predicted octanol–water partition coefficient (Wildman–Crippen LogP) is 4.29. The maximum absolute atomic E-state index is 10.3. The lowest BCUT2D eigenvalue weighted by Crippen LogP contribution is -2.21. The molecule has 0 amide bonds. The van der Waals surface area contributed by atoms with Crippen LogP contribution in [-0.2, 0) is 11.8 Å². The van der Waals surface area contributed by atoms with E-state index in [0.717, 1.165) is 23.1 Å². The molecule has 1 atom stereocenters. The number of aromatic hydroxyl groups is 2. The first-order chi connectivity index (χ1) is 11.9. The van der Waals surface area contributed by atoms with Gasteiger partial charge in [-0.05, 0) is 24.1 Å². The normalized spacial score (nSPS) is 16.7. The van der Waals surface area contributed by atoms with Gasteiger partial charge in [0.15, 0.2) is 0 Å². The first-order valence-corrected chi connectivity index (χ1v) is 8.35. The van der Waals surface area contributed by atoms with Crippen LogP contribution in [0.1, 0.15) is 36.5 Å². The SMILES string of the molecule is C=CC(C)(C)c1cc2c(cc1O)OC[C@@H](c1ccc(OC)cc1O)C2. The van der Waals surface area contributed by atoms with Crippen molar-refractivity contribution in [1.82, 2.24) is 0 Å². The van der Waals surface area contributed by atoms with Gasteiger partial charge in [-0.3, -0.25) is 0 Å². The predicted molar refractivity (Wildman–Crippen MR) is 97.9 cm³/mol. The van der Waals surface area contributed by atoms with Gasteiger partial charge >= 0.3 is 0 Å². The van der Waals surface area contributed by atoms with Crippen LogP contribution in [0.25, 0.3) is 0 Å². The summed E-state index contributed by atoms with van der Waals surface area (Å²) < 4.78 is 11.0. The summed E-state index contributed by atoms with van der Waals surface area (Å²) in [6, 6.07) is 9.00. The van der Waals surface area contributed by atoms with Crippen molar-refractivity contribution in [3.63, 3.8) is 0 Å².